The molecule has 2 saturated heterocycles. The molecular weight excluding hydrogens is 580 g/mol. The molecule has 232 valence electrons. The van der Waals surface area contributed by atoms with Crippen LogP contribution < -0.4 is 20.7 Å². The number of ether oxygens (including phenoxy) is 1. The van der Waals surface area contributed by atoms with E-state index in [9.17, 15) is 14.4 Å². The summed E-state index contributed by atoms with van der Waals surface area (Å²) in [5.74, 6) is -0.803. The van der Waals surface area contributed by atoms with Crippen molar-refractivity contribution in [1.82, 2.24) is 30.3 Å². The highest BCUT2D eigenvalue weighted by Gasteiger charge is 2.32. The highest BCUT2D eigenvalue weighted by atomic mass is 32.1. The number of aryl methyl sites for hydroxylation is 1. The summed E-state index contributed by atoms with van der Waals surface area (Å²) in [6, 6.07) is 7.28. The molecule has 2 aliphatic heterocycles. The second-order valence-corrected chi connectivity index (χ2v) is 12.4. The van der Waals surface area contributed by atoms with Crippen molar-refractivity contribution in [3.05, 3.63) is 40.5 Å². The number of benzene rings is 1. The van der Waals surface area contributed by atoms with Crippen LogP contribution in [0.3, 0.4) is 0 Å². The van der Waals surface area contributed by atoms with Crippen LogP contribution in [-0.2, 0) is 4.79 Å². The Morgan fingerprint density at radius 3 is 2.52 bits per heavy atom. The largest absolute Gasteiger partial charge is 0.494 e. The Kier molecular flexibility index (Phi) is 7.69. The molecule has 1 saturated carbocycles. The fourth-order valence-corrected chi connectivity index (χ4v) is 6.97. The minimum absolute atomic E-state index is 0.0205. The number of piperidine rings is 1. The predicted octanol–water partition coefficient (Wildman–Crippen LogP) is 4.07. The Morgan fingerprint density at radius 1 is 1.05 bits per heavy atom. The molecule has 0 bridgehead atoms. The van der Waals surface area contributed by atoms with Gasteiger partial charge in [0.05, 0.1) is 29.7 Å². The first-order chi connectivity index (χ1) is 22.5. The van der Waals surface area contributed by atoms with Gasteiger partial charge in [0.2, 0.25) is 5.91 Å². The molecule has 44 heavy (non-hydrogen) atoms. The van der Waals surface area contributed by atoms with Gasteiger partial charge in [-0.3, -0.25) is 14.4 Å². The lowest BCUT2D eigenvalue weighted by atomic mass is 10.0. The zero-order valence-electron chi connectivity index (χ0n) is 27.8. The highest BCUT2D eigenvalue weighted by molar-refractivity contribution is 7.17. The third kappa shape index (κ3) is 6.25. The Bertz CT molecular complexity index is 1660. The average Bonchev–Trinajstić information content (AvgIpc) is 3.61. The predicted molar refractivity (Wildman–Crippen MR) is 169 cm³/mol. The number of carbonyl (C=O) groups is 3. The number of methoxy groups -OCH3 is 1. The minimum atomic E-state index is -2.76. The number of anilines is 3. The van der Waals surface area contributed by atoms with E-state index in [1.54, 1.807) is 12.1 Å². The zero-order valence-corrected chi connectivity index (χ0v) is 25.6. The van der Waals surface area contributed by atoms with E-state index in [0.717, 1.165) is 51.9 Å². The fourth-order valence-electron chi connectivity index (χ4n) is 5.91. The first-order valence-electron chi connectivity index (χ1n) is 16.5. The van der Waals surface area contributed by atoms with Crippen molar-refractivity contribution < 1.29 is 23.2 Å². The van der Waals surface area contributed by atoms with Crippen LogP contribution in [0.1, 0.15) is 68.5 Å². The second-order valence-electron chi connectivity index (χ2n) is 11.4. The molecule has 13 heteroatoms. The van der Waals surface area contributed by atoms with Gasteiger partial charge >= 0.3 is 0 Å². The molecule has 3 N–H and O–H groups in total. The van der Waals surface area contributed by atoms with Crippen LogP contribution in [0.4, 0.5) is 17.2 Å². The third-order valence-electron chi connectivity index (χ3n) is 8.44. The number of para-hydroxylation sites is 1. The second kappa shape index (κ2) is 12.9. The van der Waals surface area contributed by atoms with Crippen LogP contribution in [0.15, 0.2) is 24.3 Å². The van der Waals surface area contributed by atoms with Crippen LogP contribution in [0, 0.1) is 12.8 Å². The smallest absolute Gasteiger partial charge is 0.273 e. The molecule has 4 heterocycles. The Labute approximate surface area is 264 Å². The quantitative estimate of drug-likeness (QED) is 0.322. The summed E-state index contributed by atoms with van der Waals surface area (Å²) in [5.41, 5.74) is 1.49. The minimum Gasteiger partial charge on any atom is -0.494 e. The Balaban J connectivity index is 1.25. The van der Waals surface area contributed by atoms with E-state index in [1.165, 1.54) is 37.4 Å². The van der Waals surface area contributed by atoms with E-state index in [0.29, 0.717) is 38.6 Å². The molecule has 3 fully saturated rings. The summed E-state index contributed by atoms with van der Waals surface area (Å²) in [6.45, 7) is 2.81. The van der Waals surface area contributed by atoms with Crippen molar-refractivity contribution in [1.29, 1.82) is 0 Å². The maximum atomic E-state index is 13.6. The van der Waals surface area contributed by atoms with Gasteiger partial charge in [0.1, 0.15) is 9.88 Å². The van der Waals surface area contributed by atoms with Crippen LogP contribution >= 0.6 is 11.3 Å². The fraction of sp³-hybridized carbons (Fsp3) is 0.484. The van der Waals surface area contributed by atoms with Gasteiger partial charge in [-0.1, -0.05) is 6.07 Å². The van der Waals surface area contributed by atoms with E-state index >= 15 is 0 Å². The summed E-state index contributed by atoms with van der Waals surface area (Å²) < 4.78 is 28.2. The highest BCUT2D eigenvalue weighted by Crippen LogP contribution is 2.41. The molecule has 6 rings (SSSR count). The lowest BCUT2D eigenvalue weighted by molar-refractivity contribution is -0.117. The van der Waals surface area contributed by atoms with Gasteiger partial charge < -0.3 is 30.5 Å². The van der Waals surface area contributed by atoms with Crippen molar-refractivity contribution in [2.75, 3.05) is 50.9 Å². The standard InChI is InChI=1S/C31H38N8O4S/c1-18-27(31(42)39-15-11-20(12-16-39)38-13-4-5-14-38)44-30(33-18)21-7-6-8-22(26(21)43-3)34-23-17-24(35-28(40)19-9-10-19)36-37-25(23)29(41)32-2/h6-8,17,19-20H,4-5,9-16H2,1-3H3,(H,32,41)(H2,34,35,36,40)/i2D3. The first kappa shape index (κ1) is 26.3. The summed E-state index contributed by atoms with van der Waals surface area (Å²) in [6.07, 6.45) is 6.02. The Morgan fingerprint density at radius 2 is 1.82 bits per heavy atom. The zero-order chi connectivity index (χ0) is 33.3. The molecule has 0 spiro atoms. The number of likely N-dealkylation sites (tertiary alicyclic amines) is 2. The maximum Gasteiger partial charge on any atom is 0.273 e. The van der Waals surface area contributed by atoms with Gasteiger partial charge in [-0.25, -0.2) is 4.98 Å². The van der Waals surface area contributed by atoms with Crippen LogP contribution in [0.2, 0.25) is 0 Å². The van der Waals surface area contributed by atoms with Crippen molar-refractivity contribution in [3.63, 3.8) is 0 Å². The summed E-state index contributed by atoms with van der Waals surface area (Å²) in [7, 11) is 1.50. The molecule has 3 amide bonds. The molecule has 1 aliphatic carbocycles. The van der Waals surface area contributed by atoms with Crippen LogP contribution in [0.25, 0.3) is 10.6 Å². The number of nitrogens with one attached hydrogen (secondary N) is 3. The van der Waals surface area contributed by atoms with Gasteiger partial charge in [0.15, 0.2) is 17.3 Å². The number of amides is 3. The average molecular weight is 622 g/mol. The number of hydrogen-bond donors (Lipinski definition) is 3. The normalized spacial score (nSPS) is 18.7. The molecule has 3 aliphatic rings. The first-order valence-corrected chi connectivity index (χ1v) is 15.8. The van der Waals surface area contributed by atoms with Crippen molar-refractivity contribution in [2.24, 2.45) is 5.92 Å². The van der Waals surface area contributed by atoms with Crippen molar-refractivity contribution in [3.8, 4) is 16.3 Å². The number of rotatable bonds is 9. The summed E-state index contributed by atoms with van der Waals surface area (Å²) >= 11 is 1.30. The van der Waals surface area contributed by atoms with Gasteiger partial charge in [0, 0.05) is 42.2 Å². The lowest BCUT2D eigenvalue weighted by Gasteiger charge is -2.36. The Hall–Kier alpha value is -4.10. The third-order valence-corrected chi connectivity index (χ3v) is 9.62. The SMILES string of the molecule is [2H]C([2H])([2H])NC(=O)c1nnc(NC(=O)C2CC2)cc1Nc1cccc(-c2nc(C)c(C(=O)N3CCC(N4CCCC4)CC3)s2)c1OC. The molecule has 2 aromatic heterocycles. The molecule has 12 nitrogen and oxygen atoms in total. The molecule has 3 aromatic rings. The lowest BCUT2D eigenvalue weighted by Crippen LogP contribution is -2.45. The molecule has 1 aromatic carbocycles. The molecular formula is C31H38N8O4S. The van der Waals surface area contributed by atoms with Crippen LogP contribution in [0.5, 0.6) is 5.75 Å². The molecule has 0 radical (unpaired) electrons. The number of aromatic nitrogens is 3. The van der Waals surface area contributed by atoms with Gasteiger partial charge in [-0.2, -0.15) is 0 Å². The maximum absolute atomic E-state index is 13.6. The monoisotopic (exact) mass is 621 g/mol. The number of hydrogen-bond acceptors (Lipinski definition) is 10. The van der Waals surface area contributed by atoms with E-state index in [2.05, 4.69) is 25.7 Å². The summed E-state index contributed by atoms with van der Waals surface area (Å²) in [4.78, 5) is 48.7. The molecule has 0 unspecified atom stereocenters. The number of nitrogens with zero attached hydrogens (tertiary/aromatic N) is 5. The van der Waals surface area contributed by atoms with E-state index in [4.69, 9.17) is 13.8 Å². The van der Waals surface area contributed by atoms with Gasteiger partial charge in [0.25, 0.3) is 11.8 Å². The topological polar surface area (TPSA) is 142 Å². The van der Waals surface area contributed by atoms with Gasteiger partial charge in [-0.05, 0) is 70.7 Å². The summed E-state index contributed by atoms with van der Waals surface area (Å²) in [5, 5.41) is 16.2. The van der Waals surface area contributed by atoms with Crippen molar-refractivity contribution >= 4 is 46.3 Å². The van der Waals surface area contributed by atoms with E-state index in [1.807, 2.05) is 23.2 Å². The number of thiazole rings is 1. The van der Waals surface area contributed by atoms with Gasteiger partial charge in [-0.15, -0.1) is 21.5 Å². The van der Waals surface area contributed by atoms with E-state index in [-0.39, 0.29) is 34.9 Å². The number of carbonyl (C=O) groups excluding carboxylic acids is 3. The molecule has 0 atom stereocenters. The van der Waals surface area contributed by atoms with Crippen molar-refractivity contribution in [2.45, 2.75) is 51.5 Å². The van der Waals surface area contributed by atoms with Crippen LogP contribution in [-0.4, -0.2) is 89.0 Å². The van der Waals surface area contributed by atoms with E-state index < -0.39 is 12.9 Å².